The van der Waals surface area contributed by atoms with Gasteiger partial charge in [-0.25, -0.2) is 4.68 Å². The first-order chi connectivity index (χ1) is 14.2. The Morgan fingerprint density at radius 3 is 2.69 bits per heavy atom. The van der Waals surface area contributed by atoms with Crippen molar-refractivity contribution in [3.8, 4) is 27.8 Å². The highest BCUT2D eigenvalue weighted by atomic mass is 79.9. The molecule has 0 atom stereocenters. The van der Waals surface area contributed by atoms with E-state index in [0.29, 0.717) is 28.4 Å². The Morgan fingerprint density at radius 1 is 1.07 bits per heavy atom. The van der Waals surface area contributed by atoms with E-state index in [1.165, 1.54) is 11.3 Å². The molecule has 2 aromatic carbocycles. The zero-order valence-corrected chi connectivity index (χ0v) is 17.4. The van der Waals surface area contributed by atoms with Crippen molar-refractivity contribution in [3.63, 3.8) is 0 Å². The quantitative estimate of drug-likeness (QED) is 0.439. The molecule has 0 fully saturated rings. The molecule has 144 valence electrons. The van der Waals surface area contributed by atoms with E-state index >= 15 is 0 Å². The van der Waals surface area contributed by atoms with Gasteiger partial charge < -0.3 is 14.8 Å². The van der Waals surface area contributed by atoms with E-state index in [0.717, 1.165) is 14.4 Å². The summed E-state index contributed by atoms with van der Waals surface area (Å²) in [5.41, 5.74) is 2.63. The van der Waals surface area contributed by atoms with Crippen LogP contribution >= 0.6 is 27.3 Å². The first-order valence-electron chi connectivity index (χ1n) is 8.79. The molecule has 29 heavy (non-hydrogen) atoms. The van der Waals surface area contributed by atoms with Crippen molar-refractivity contribution >= 4 is 38.9 Å². The van der Waals surface area contributed by atoms with Crippen LogP contribution in [0.4, 0.5) is 5.69 Å². The fraction of sp³-hybridized carbons (Fsp3) is 0.0476. The molecule has 1 aliphatic heterocycles. The summed E-state index contributed by atoms with van der Waals surface area (Å²) >= 11 is 5.01. The Kier molecular flexibility index (Phi) is 4.57. The maximum absolute atomic E-state index is 13.1. The molecule has 4 aromatic rings. The van der Waals surface area contributed by atoms with Gasteiger partial charge in [0.15, 0.2) is 11.5 Å². The van der Waals surface area contributed by atoms with Gasteiger partial charge >= 0.3 is 0 Å². The van der Waals surface area contributed by atoms with Gasteiger partial charge in [-0.2, -0.15) is 5.10 Å². The van der Waals surface area contributed by atoms with Gasteiger partial charge in [-0.15, -0.1) is 11.3 Å². The largest absolute Gasteiger partial charge is 0.454 e. The van der Waals surface area contributed by atoms with E-state index in [1.54, 1.807) is 29.1 Å². The summed E-state index contributed by atoms with van der Waals surface area (Å²) in [4.78, 5) is 14.0. The molecule has 0 aliphatic carbocycles. The van der Waals surface area contributed by atoms with Crippen LogP contribution in [0.25, 0.3) is 16.3 Å². The molecule has 5 rings (SSSR count). The normalized spacial score (nSPS) is 12.2. The number of amides is 1. The van der Waals surface area contributed by atoms with Crippen LogP contribution in [0, 0.1) is 0 Å². The smallest absolute Gasteiger partial charge is 0.259 e. The molecular formula is C21H14BrN3O3S. The van der Waals surface area contributed by atoms with Gasteiger partial charge in [-0.05, 0) is 52.3 Å². The minimum Gasteiger partial charge on any atom is -0.454 e. The molecule has 0 bridgehead atoms. The lowest BCUT2D eigenvalue weighted by Gasteiger charge is -2.06. The standard InChI is InChI=1S/C21H14BrN3O3S/c22-19-9-8-18(29-19)20-15(11-25(24-20)14-4-2-1-3-5-14)21(26)23-13-6-7-16-17(10-13)28-12-27-16/h1-11H,12H2,(H,23,26). The van der Waals surface area contributed by atoms with Gasteiger partial charge in [-0.1, -0.05) is 18.2 Å². The second-order valence-electron chi connectivity index (χ2n) is 6.30. The van der Waals surface area contributed by atoms with Crippen LogP contribution in [0.1, 0.15) is 10.4 Å². The fourth-order valence-corrected chi connectivity index (χ4v) is 4.43. The molecule has 0 radical (unpaired) electrons. The third kappa shape index (κ3) is 3.52. The summed E-state index contributed by atoms with van der Waals surface area (Å²) in [6.07, 6.45) is 1.75. The zero-order valence-electron chi connectivity index (χ0n) is 15.0. The van der Waals surface area contributed by atoms with E-state index in [2.05, 4.69) is 26.3 Å². The van der Waals surface area contributed by atoms with E-state index < -0.39 is 0 Å². The van der Waals surface area contributed by atoms with Gasteiger partial charge in [0.25, 0.3) is 5.91 Å². The number of halogens is 1. The van der Waals surface area contributed by atoms with E-state index in [-0.39, 0.29) is 12.7 Å². The first-order valence-corrected chi connectivity index (χ1v) is 10.4. The predicted octanol–water partition coefficient (Wildman–Crippen LogP) is 5.34. The van der Waals surface area contributed by atoms with Gasteiger partial charge in [0, 0.05) is 18.0 Å². The number of ether oxygens (including phenoxy) is 2. The molecule has 0 saturated carbocycles. The van der Waals surface area contributed by atoms with Crippen LogP contribution in [0.5, 0.6) is 11.5 Å². The Morgan fingerprint density at radius 2 is 1.90 bits per heavy atom. The van der Waals surface area contributed by atoms with Crippen LogP contribution in [0.2, 0.25) is 0 Å². The number of hydrogen-bond acceptors (Lipinski definition) is 5. The topological polar surface area (TPSA) is 65.4 Å². The number of aromatic nitrogens is 2. The summed E-state index contributed by atoms with van der Waals surface area (Å²) in [6, 6.07) is 18.9. The highest BCUT2D eigenvalue weighted by Crippen LogP contribution is 2.36. The molecule has 0 unspecified atom stereocenters. The number of thiophene rings is 1. The third-order valence-corrected chi connectivity index (χ3v) is 6.05. The van der Waals surface area contributed by atoms with Crippen molar-refractivity contribution in [2.75, 3.05) is 12.1 Å². The Hall–Kier alpha value is -3.10. The summed E-state index contributed by atoms with van der Waals surface area (Å²) in [5, 5.41) is 7.62. The van der Waals surface area contributed by atoms with Crippen molar-refractivity contribution in [1.82, 2.24) is 9.78 Å². The lowest BCUT2D eigenvalue weighted by Crippen LogP contribution is -2.12. The molecule has 3 heterocycles. The Bertz CT molecular complexity index is 1200. The SMILES string of the molecule is O=C(Nc1ccc2c(c1)OCO2)c1cn(-c2ccccc2)nc1-c1ccc(Br)s1. The number of anilines is 1. The number of benzene rings is 2. The highest BCUT2D eigenvalue weighted by molar-refractivity contribution is 9.11. The lowest BCUT2D eigenvalue weighted by atomic mass is 10.2. The average molecular weight is 468 g/mol. The molecule has 6 nitrogen and oxygen atoms in total. The lowest BCUT2D eigenvalue weighted by molar-refractivity contribution is 0.102. The molecule has 8 heteroatoms. The summed E-state index contributed by atoms with van der Waals surface area (Å²) in [7, 11) is 0. The van der Waals surface area contributed by atoms with E-state index in [9.17, 15) is 4.79 Å². The minimum absolute atomic E-state index is 0.188. The van der Waals surface area contributed by atoms with E-state index in [1.807, 2.05) is 42.5 Å². The summed E-state index contributed by atoms with van der Waals surface area (Å²) < 4.78 is 13.4. The van der Waals surface area contributed by atoms with Crippen LogP contribution in [0.3, 0.4) is 0 Å². The highest BCUT2D eigenvalue weighted by Gasteiger charge is 2.21. The van der Waals surface area contributed by atoms with Crippen molar-refractivity contribution in [2.45, 2.75) is 0 Å². The number of para-hydroxylation sites is 1. The van der Waals surface area contributed by atoms with Crippen molar-refractivity contribution in [2.24, 2.45) is 0 Å². The van der Waals surface area contributed by atoms with Crippen LogP contribution in [-0.2, 0) is 0 Å². The van der Waals surface area contributed by atoms with Crippen LogP contribution < -0.4 is 14.8 Å². The average Bonchev–Trinajstić information content (AvgIpc) is 3.47. The zero-order chi connectivity index (χ0) is 19.8. The molecule has 1 aliphatic rings. The van der Waals surface area contributed by atoms with Crippen LogP contribution in [0.15, 0.2) is 70.6 Å². The number of rotatable bonds is 4. The summed E-state index contributed by atoms with van der Waals surface area (Å²) in [6.45, 7) is 0.188. The molecule has 1 N–H and O–H groups in total. The third-order valence-electron chi connectivity index (χ3n) is 4.42. The second-order valence-corrected chi connectivity index (χ2v) is 8.76. The molecule has 2 aromatic heterocycles. The number of nitrogens with one attached hydrogen (secondary N) is 1. The molecular weight excluding hydrogens is 454 g/mol. The first kappa shape index (κ1) is 18.0. The second kappa shape index (κ2) is 7.38. The molecule has 0 saturated heterocycles. The van der Waals surface area contributed by atoms with Crippen LogP contribution in [-0.4, -0.2) is 22.5 Å². The van der Waals surface area contributed by atoms with Crippen molar-refractivity contribution < 1.29 is 14.3 Å². The maximum atomic E-state index is 13.1. The van der Waals surface area contributed by atoms with Gasteiger partial charge in [0.05, 0.1) is 19.9 Å². The maximum Gasteiger partial charge on any atom is 0.259 e. The number of hydrogen-bond donors (Lipinski definition) is 1. The van der Waals surface area contributed by atoms with Gasteiger partial charge in [0.1, 0.15) is 5.69 Å². The fourth-order valence-electron chi connectivity index (χ4n) is 3.05. The van der Waals surface area contributed by atoms with Gasteiger partial charge in [0.2, 0.25) is 6.79 Å². The van der Waals surface area contributed by atoms with Crippen molar-refractivity contribution in [3.05, 3.63) is 76.2 Å². The Balaban J connectivity index is 1.52. The predicted molar refractivity (Wildman–Crippen MR) is 115 cm³/mol. The number of fused-ring (bicyclic) bond motifs is 1. The van der Waals surface area contributed by atoms with Crippen molar-refractivity contribution in [1.29, 1.82) is 0 Å². The van der Waals surface area contributed by atoms with Gasteiger partial charge in [-0.3, -0.25) is 4.79 Å². The minimum atomic E-state index is -0.245. The van der Waals surface area contributed by atoms with E-state index in [4.69, 9.17) is 9.47 Å². The number of carbonyl (C=O) groups excluding carboxylic acids is 1. The summed E-state index contributed by atoms with van der Waals surface area (Å²) in [5.74, 6) is 1.04. The monoisotopic (exact) mass is 467 g/mol. The molecule has 1 amide bonds. The number of nitrogens with zero attached hydrogens (tertiary/aromatic N) is 2. The number of carbonyl (C=O) groups is 1. The Labute approximate surface area is 178 Å². The molecule has 0 spiro atoms.